The number of cyclic esters (lactones) is 1. The number of rotatable bonds is 4. The number of carbonyl (C=O) groups excluding carboxylic acids is 2. The summed E-state index contributed by atoms with van der Waals surface area (Å²) in [6.07, 6.45) is 19.3. The quantitative estimate of drug-likeness (QED) is 0.305. The number of ether oxygens (including phenoxy) is 1. The largest absolute Gasteiger partial charge is 0.458 e. The smallest absolute Gasteiger partial charge is 0.330 e. The summed E-state index contributed by atoms with van der Waals surface area (Å²) >= 11 is 0. The lowest BCUT2D eigenvalue weighted by Crippen LogP contribution is -2.24. The molecule has 4 atom stereocenters. The molecule has 1 rings (SSSR count). The van der Waals surface area contributed by atoms with Crippen molar-refractivity contribution >= 4 is 11.8 Å². The van der Waals surface area contributed by atoms with E-state index in [0.717, 1.165) is 11.1 Å². The summed E-state index contributed by atoms with van der Waals surface area (Å²) in [6, 6.07) is -0.948. The minimum absolute atomic E-state index is 0.0195. The first-order chi connectivity index (χ1) is 16.3. The summed E-state index contributed by atoms with van der Waals surface area (Å²) in [5.74, 6) is -0.526. The van der Waals surface area contributed by atoms with Crippen LogP contribution < -0.4 is 0 Å². The van der Waals surface area contributed by atoms with E-state index < -0.39 is 18.1 Å². The Labute approximate surface area is 203 Å². The van der Waals surface area contributed by atoms with E-state index in [9.17, 15) is 19.6 Å². The van der Waals surface area contributed by atoms with E-state index in [2.05, 4.69) is 11.3 Å². The molecule has 34 heavy (non-hydrogen) atoms. The number of aliphatic hydroxyl groups is 1. The Morgan fingerprint density at radius 3 is 2.71 bits per heavy atom. The molecule has 0 saturated heterocycles. The van der Waals surface area contributed by atoms with E-state index in [4.69, 9.17) is 4.74 Å². The Morgan fingerprint density at radius 1 is 1.24 bits per heavy atom. The molecule has 0 bridgehead atoms. The van der Waals surface area contributed by atoms with Crippen molar-refractivity contribution in [1.29, 1.82) is 0 Å². The van der Waals surface area contributed by atoms with Gasteiger partial charge in [-0.05, 0) is 52.5 Å². The molecule has 1 aliphatic rings. The minimum atomic E-state index is -0.948. The van der Waals surface area contributed by atoms with Crippen molar-refractivity contribution in [2.75, 3.05) is 0 Å². The van der Waals surface area contributed by atoms with Crippen LogP contribution in [-0.4, -0.2) is 35.1 Å². The van der Waals surface area contributed by atoms with Crippen LogP contribution in [0, 0.1) is 10.8 Å². The van der Waals surface area contributed by atoms with Crippen molar-refractivity contribution in [3.63, 3.8) is 0 Å². The molecule has 0 aliphatic carbocycles. The topological polar surface area (TPSA) is 93.0 Å². The van der Waals surface area contributed by atoms with Gasteiger partial charge in [-0.2, -0.15) is 4.91 Å². The van der Waals surface area contributed by atoms with E-state index in [1.807, 2.05) is 58.1 Å². The predicted octanol–water partition coefficient (Wildman–Crippen LogP) is 6.09. The van der Waals surface area contributed by atoms with Gasteiger partial charge in [0.25, 0.3) is 0 Å². The van der Waals surface area contributed by atoms with Crippen LogP contribution in [0.2, 0.25) is 0 Å². The van der Waals surface area contributed by atoms with Gasteiger partial charge in [-0.3, -0.25) is 4.79 Å². The normalized spacial score (nSPS) is 30.0. The van der Waals surface area contributed by atoms with Crippen molar-refractivity contribution < 1.29 is 19.4 Å². The van der Waals surface area contributed by atoms with Crippen LogP contribution in [0.5, 0.6) is 0 Å². The van der Waals surface area contributed by atoms with Gasteiger partial charge in [-0.25, -0.2) is 4.79 Å². The number of esters is 1. The third-order valence-corrected chi connectivity index (χ3v) is 5.52. The number of nitrogens with zero attached hydrogens (tertiary/aromatic N) is 1. The van der Waals surface area contributed by atoms with Crippen molar-refractivity contribution in [1.82, 2.24) is 0 Å². The summed E-state index contributed by atoms with van der Waals surface area (Å²) in [6.45, 7) is 8.01. The molecule has 0 unspecified atom stereocenters. The average Bonchev–Trinajstić information content (AvgIpc) is 2.78. The van der Waals surface area contributed by atoms with Crippen LogP contribution >= 0.6 is 0 Å². The maximum atomic E-state index is 12.4. The summed E-state index contributed by atoms with van der Waals surface area (Å²) < 4.78 is 5.79. The van der Waals surface area contributed by atoms with Gasteiger partial charge in [-0.15, -0.1) is 0 Å². The minimum Gasteiger partial charge on any atom is -0.458 e. The molecular formula is C28H39NO5. The van der Waals surface area contributed by atoms with Crippen molar-refractivity contribution in [3.05, 3.63) is 76.8 Å². The summed E-state index contributed by atoms with van der Waals surface area (Å²) in [5.41, 5.74) is 2.17. The van der Waals surface area contributed by atoms with Gasteiger partial charge in [0.15, 0.2) is 5.78 Å². The predicted molar refractivity (Wildman–Crippen MR) is 137 cm³/mol. The first-order valence-corrected chi connectivity index (χ1v) is 12.0. The van der Waals surface area contributed by atoms with Crippen molar-refractivity contribution in [2.45, 2.75) is 84.5 Å². The molecule has 0 aromatic rings. The second kappa shape index (κ2) is 16.7. The summed E-state index contributed by atoms with van der Waals surface area (Å²) in [5, 5.41) is 13.2. The number of aliphatic hydroxyl groups excluding tert-OH is 1. The monoisotopic (exact) mass is 469 g/mol. The van der Waals surface area contributed by atoms with Crippen molar-refractivity contribution in [2.24, 2.45) is 11.1 Å². The highest BCUT2D eigenvalue weighted by Crippen LogP contribution is 2.20. The molecule has 1 heterocycles. The number of nitroso groups, excluding NO2 is 1. The summed E-state index contributed by atoms with van der Waals surface area (Å²) in [7, 11) is 0. The number of hydrogen-bond donors (Lipinski definition) is 1. The number of ketones is 1. The summed E-state index contributed by atoms with van der Waals surface area (Å²) in [4.78, 5) is 35.5. The van der Waals surface area contributed by atoms with E-state index in [1.54, 1.807) is 6.08 Å². The maximum Gasteiger partial charge on any atom is 0.330 e. The first-order valence-electron chi connectivity index (χ1n) is 12.0. The van der Waals surface area contributed by atoms with E-state index in [-0.39, 0.29) is 24.2 Å². The molecule has 0 aromatic heterocycles. The molecule has 6 heteroatoms. The zero-order chi connectivity index (χ0) is 25.3. The molecule has 0 amide bonds. The first kappa shape index (κ1) is 29.2. The molecule has 1 aliphatic heterocycles. The van der Waals surface area contributed by atoms with Crippen LogP contribution in [0.3, 0.4) is 0 Å². The molecular weight excluding hydrogens is 430 g/mol. The highest BCUT2D eigenvalue weighted by Gasteiger charge is 2.20. The number of allylic oxidation sites excluding steroid dienone is 8. The van der Waals surface area contributed by atoms with Crippen LogP contribution in [-0.2, 0) is 14.3 Å². The lowest BCUT2D eigenvalue weighted by molar-refractivity contribution is -0.144. The third kappa shape index (κ3) is 12.4. The molecule has 0 fully saturated rings. The highest BCUT2D eigenvalue weighted by molar-refractivity contribution is 5.89. The van der Waals surface area contributed by atoms with E-state index in [1.165, 1.54) is 18.2 Å². The number of carbonyl (C=O) groups is 2. The van der Waals surface area contributed by atoms with Crippen molar-refractivity contribution in [3.8, 4) is 0 Å². The highest BCUT2D eigenvalue weighted by atomic mass is 16.5. The lowest BCUT2D eigenvalue weighted by Gasteiger charge is -2.22. The SMILES string of the molecule is C/C=C/C(C)=C/[C@H](C)[C@@H]1C/C(C)=C/C=C/CC[C@@H](O)[C@H](N=O)/C=C/C(=O)CCC/C=C/C(=O)O1. The number of hydrogen-bond acceptors (Lipinski definition) is 6. The standard InChI is InChI=1S/C28H39NO5/c1-5-12-21(2)19-23(4)27-20-22(3)13-8-6-10-15-26(31)25(29-33)18-17-24(30)14-9-7-11-16-28(32)34-27/h5-6,8,11-13,16-19,23,25-27,31H,7,9-10,14-15,20H2,1-4H3/b8-6+,12-5+,16-11+,18-17+,21-19+,22-13+/t23-,25+,26+,27-/m0/s1. The molecule has 0 radical (unpaired) electrons. The van der Waals surface area contributed by atoms with Gasteiger partial charge in [-0.1, -0.05) is 71.9 Å². The maximum absolute atomic E-state index is 12.4. The zero-order valence-electron chi connectivity index (χ0n) is 20.9. The van der Waals surface area contributed by atoms with Gasteiger partial charge in [0.2, 0.25) is 0 Å². The second-order valence-electron chi connectivity index (χ2n) is 8.75. The Bertz CT molecular complexity index is 847. The third-order valence-electron chi connectivity index (χ3n) is 5.52. The Kier molecular flexibility index (Phi) is 14.3. The van der Waals surface area contributed by atoms with Gasteiger partial charge < -0.3 is 9.84 Å². The second-order valence-corrected chi connectivity index (χ2v) is 8.75. The van der Waals surface area contributed by atoms with Crippen LogP contribution in [0.1, 0.15) is 66.2 Å². The molecule has 186 valence electrons. The molecule has 0 saturated carbocycles. The average molecular weight is 470 g/mol. The lowest BCUT2D eigenvalue weighted by atomic mass is 9.95. The van der Waals surface area contributed by atoms with Gasteiger partial charge in [0.05, 0.1) is 6.10 Å². The molecule has 0 spiro atoms. The van der Waals surface area contributed by atoms with E-state index in [0.29, 0.717) is 32.1 Å². The zero-order valence-corrected chi connectivity index (χ0v) is 20.9. The fourth-order valence-electron chi connectivity index (χ4n) is 3.61. The Balaban J connectivity index is 3.05. The molecule has 6 nitrogen and oxygen atoms in total. The fourth-order valence-corrected chi connectivity index (χ4v) is 3.61. The molecule has 1 N–H and O–H groups in total. The van der Waals surface area contributed by atoms with Crippen LogP contribution in [0.4, 0.5) is 0 Å². The Hall–Kier alpha value is -2.86. The van der Waals surface area contributed by atoms with Gasteiger partial charge in [0, 0.05) is 24.8 Å². The van der Waals surface area contributed by atoms with Gasteiger partial charge in [0.1, 0.15) is 12.1 Å². The fraction of sp³-hybridized carbons (Fsp3) is 0.500. The van der Waals surface area contributed by atoms with E-state index >= 15 is 0 Å². The van der Waals surface area contributed by atoms with Crippen LogP contribution in [0.15, 0.2) is 77.1 Å². The van der Waals surface area contributed by atoms with Crippen LogP contribution in [0.25, 0.3) is 0 Å². The molecule has 0 aromatic carbocycles. The Morgan fingerprint density at radius 2 is 2.00 bits per heavy atom. The van der Waals surface area contributed by atoms with Gasteiger partial charge >= 0.3 is 5.97 Å².